The Morgan fingerprint density at radius 2 is 2.04 bits per heavy atom. The molecule has 0 fully saturated rings. The predicted molar refractivity (Wildman–Crippen MR) is 113 cm³/mol. The third kappa shape index (κ3) is 3.96. The molecule has 7 nitrogen and oxygen atoms in total. The second-order valence-electron chi connectivity index (χ2n) is 6.35. The van der Waals surface area contributed by atoms with Crippen LogP contribution in [0.1, 0.15) is 11.1 Å². The highest BCUT2D eigenvalue weighted by Crippen LogP contribution is 2.37. The molecular weight excluding hydrogens is 372 g/mol. The van der Waals surface area contributed by atoms with Crippen molar-refractivity contribution < 1.29 is 4.74 Å². The summed E-state index contributed by atoms with van der Waals surface area (Å²) in [6.07, 6.45) is 5.66. The predicted octanol–water partition coefficient (Wildman–Crippen LogP) is 3.60. The molecule has 2 aromatic heterocycles. The fourth-order valence-electron chi connectivity index (χ4n) is 3.06. The monoisotopic (exact) mass is 394 g/mol. The summed E-state index contributed by atoms with van der Waals surface area (Å²) in [5.74, 6) is 2.59. The SMILES string of the molecule is COc1ccc(CNc2nc(SC)nc3c2NCN3Cc2cccnc2)cc1. The third-order valence-electron chi connectivity index (χ3n) is 4.51. The number of thioether (sulfide) groups is 1. The highest BCUT2D eigenvalue weighted by Gasteiger charge is 2.25. The van der Waals surface area contributed by atoms with Gasteiger partial charge in [0.15, 0.2) is 16.8 Å². The first-order valence-corrected chi connectivity index (χ1v) is 10.2. The summed E-state index contributed by atoms with van der Waals surface area (Å²) in [5.41, 5.74) is 3.24. The van der Waals surface area contributed by atoms with Crippen molar-refractivity contribution in [1.82, 2.24) is 15.0 Å². The maximum atomic E-state index is 5.22. The smallest absolute Gasteiger partial charge is 0.191 e. The Morgan fingerprint density at radius 1 is 1.18 bits per heavy atom. The van der Waals surface area contributed by atoms with Gasteiger partial charge in [-0.05, 0) is 35.6 Å². The van der Waals surface area contributed by atoms with Crippen LogP contribution in [-0.2, 0) is 13.1 Å². The van der Waals surface area contributed by atoms with E-state index in [-0.39, 0.29) is 0 Å². The van der Waals surface area contributed by atoms with Gasteiger partial charge in [-0.3, -0.25) is 4.98 Å². The summed E-state index contributed by atoms with van der Waals surface area (Å²) in [4.78, 5) is 15.8. The largest absolute Gasteiger partial charge is 0.497 e. The molecule has 8 heteroatoms. The minimum atomic E-state index is 0.672. The van der Waals surface area contributed by atoms with E-state index in [2.05, 4.69) is 31.6 Å². The van der Waals surface area contributed by atoms with Crippen molar-refractivity contribution in [2.75, 3.05) is 35.6 Å². The number of hydrogen-bond donors (Lipinski definition) is 2. The molecule has 3 aromatic rings. The molecule has 28 heavy (non-hydrogen) atoms. The summed E-state index contributed by atoms with van der Waals surface area (Å²) in [6, 6.07) is 12.0. The Hall–Kier alpha value is -3.00. The first-order valence-electron chi connectivity index (χ1n) is 8.97. The van der Waals surface area contributed by atoms with Crippen LogP contribution >= 0.6 is 11.8 Å². The van der Waals surface area contributed by atoms with Gasteiger partial charge in [-0.2, -0.15) is 0 Å². The second kappa shape index (κ2) is 8.35. The number of fused-ring (bicyclic) bond motifs is 1. The van der Waals surface area contributed by atoms with E-state index in [1.54, 1.807) is 13.3 Å². The van der Waals surface area contributed by atoms with E-state index < -0.39 is 0 Å². The molecule has 0 saturated heterocycles. The van der Waals surface area contributed by atoms with Crippen molar-refractivity contribution in [3.8, 4) is 5.75 Å². The molecule has 144 valence electrons. The lowest BCUT2D eigenvalue weighted by Gasteiger charge is -2.17. The van der Waals surface area contributed by atoms with Crippen LogP contribution in [0.5, 0.6) is 5.75 Å². The zero-order valence-electron chi connectivity index (χ0n) is 15.8. The number of nitrogens with one attached hydrogen (secondary N) is 2. The van der Waals surface area contributed by atoms with Gasteiger partial charge in [0.1, 0.15) is 11.4 Å². The Kier molecular flexibility index (Phi) is 5.48. The normalized spacial score (nSPS) is 12.4. The molecule has 0 bridgehead atoms. The Balaban J connectivity index is 1.55. The van der Waals surface area contributed by atoms with Crippen molar-refractivity contribution in [2.45, 2.75) is 18.2 Å². The number of benzene rings is 1. The van der Waals surface area contributed by atoms with Crippen LogP contribution in [0.2, 0.25) is 0 Å². The van der Waals surface area contributed by atoms with Gasteiger partial charge >= 0.3 is 0 Å². The molecular formula is C20H22N6OS. The van der Waals surface area contributed by atoms with Crippen molar-refractivity contribution in [1.29, 1.82) is 0 Å². The number of rotatable bonds is 7. The maximum Gasteiger partial charge on any atom is 0.191 e. The van der Waals surface area contributed by atoms with Crippen LogP contribution in [0.3, 0.4) is 0 Å². The zero-order valence-corrected chi connectivity index (χ0v) is 16.7. The van der Waals surface area contributed by atoms with Gasteiger partial charge in [0.25, 0.3) is 0 Å². The fraction of sp³-hybridized carbons (Fsp3) is 0.250. The van der Waals surface area contributed by atoms with E-state index in [0.717, 1.165) is 45.9 Å². The first-order chi connectivity index (χ1) is 13.8. The number of hydrogen-bond acceptors (Lipinski definition) is 8. The molecule has 1 aliphatic heterocycles. The van der Waals surface area contributed by atoms with Gasteiger partial charge < -0.3 is 20.3 Å². The molecule has 0 unspecified atom stereocenters. The first kappa shape index (κ1) is 18.4. The van der Waals surface area contributed by atoms with E-state index in [4.69, 9.17) is 9.72 Å². The van der Waals surface area contributed by atoms with E-state index in [0.29, 0.717) is 13.2 Å². The molecule has 1 aromatic carbocycles. The minimum absolute atomic E-state index is 0.672. The molecule has 0 radical (unpaired) electrons. The second-order valence-corrected chi connectivity index (χ2v) is 7.13. The standard InChI is InChI=1S/C20H22N6OS/c1-27-16-7-5-14(6-8-16)11-22-18-17-19(25-20(24-18)28-2)26(13-23-17)12-15-4-3-9-21-10-15/h3-10,23H,11-13H2,1-2H3,(H,22,24,25). The van der Waals surface area contributed by atoms with Crippen LogP contribution in [0.4, 0.5) is 17.3 Å². The summed E-state index contributed by atoms with van der Waals surface area (Å²) < 4.78 is 5.22. The fourth-order valence-corrected chi connectivity index (χ4v) is 3.42. The quantitative estimate of drug-likeness (QED) is 0.465. The summed E-state index contributed by atoms with van der Waals surface area (Å²) in [5, 5.41) is 7.63. The molecule has 0 saturated carbocycles. The van der Waals surface area contributed by atoms with Crippen molar-refractivity contribution in [3.63, 3.8) is 0 Å². The topological polar surface area (TPSA) is 75.2 Å². The Bertz CT molecular complexity index is 935. The van der Waals surface area contributed by atoms with Gasteiger partial charge in [0, 0.05) is 25.5 Å². The lowest BCUT2D eigenvalue weighted by molar-refractivity contribution is 0.414. The highest BCUT2D eigenvalue weighted by molar-refractivity contribution is 7.98. The number of nitrogens with zero attached hydrogens (tertiary/aromatic N) is 4. The number of pyridine rings is 1. The van der Waals surface area contributed by atoms with Gasteiger partial charge in [-0.25, -0.2) is 9.97 Å². The minimum Gasteiger partial charge on any atom is -0.497 e. The number of ether oxygens (including phenoxy) is 1. The average Bonchev–Trinajstić information content (AvgIpc) is 3.15. The molecule has 3 heterocycles. The van der Waals surface area contributed by atoms with Gasteiger partial charge in [-0.15, -0.1) is 0 Å². The van der Waals surface area contributed by atoms with E-state index >= 15 is 0 Å². The molecule has 0 spiro atoms. The summed E-state index contributed by atoms with van der Waals surface area (Å²) in [6.45, 7) is 2.11. The molecule has 0 aliphatic carbocycles. The molecule has 2 N–H and O–H groups in total. The van der Waals surface area contributed by atoms with Gasteiger partial charge in [0.05, 0.1) is 13.8 Å². The van der Waals surface area contributed by atoms with Gasteiger partial charge in [-0.1, -0.05) is 30.0 Å². The zero-order chi connectivity index (χ0) is 19.3. The summed E-state index contributed by atoms with van der Waals surface area (Å²) >= 11 is 1.54. The third-order valence-corrected chi connectivity index (χ3v) is 5.06. The van der Waals surface area contributed by atoms with Crippen molar-refractivity contribution in [3.05, 3.63) is 59.9 Å². The van der Waals surface area contributed by atoms with Gasteiger partial charge in [0.2, 0.25) is 0 Å². The van der Waals surface area contributed by atoms with Crippen molar-refractivity contribution >= 4 is 29.1 Å². The van der Waals surface area contributed by atoms with Crippen LogP contribution in [0, 0.1) is 0 Å². The van der Waals surface area contributed by atoms with E-state index in [9.17, 15) is 0 Å². The Morgan fingerprint density at radius 3 is 2.75 bits per heavy atom. The number of aromatic nitrogens is 3. The number of methoxy groups -OCH3 is 1. The van der Waals surface area contributed by atoms with E-state index in [1.165, 1.54) is 11.8 Å². The molecule has 4 rings (SSSR count). The highest BCUT2D eigenvalue weighted by atomic mass is 32.2. The molecule has 0 amide bonds. The molecule has 0 atom stereocenters. The maximum absolute atomic E-state index is 5.22. The lowest BCUT2D eigenvalue weighted by atomic mass is 10.2. The van der Waals surface area contributed by atoms with E-state index in [1.807, 2.05) is 42.8 Å². The lowest BCUT2D eigenvalue weighted by Crippen LogP contribution is -2.22. The van der Waals surface area contributed by atoms with Crippen molar-refractivity contribution in [2.24, 2.45) is 0 Å². The average molecular weight is 395 g/mol. The summed E-state index contributed by atoms with van der Waals surface area (Å²) in [7, 11) is 1.67. The molecule has 1 aliphatic rings. The van der Waals surface area contributed by atoms with Crippen LogP contribution < -0.4 is 20.3 Å². The van der Waals surface area contributed by atoms with Crippen LogP contribution in [0.15, 0.2) is 53.9 Å². The number of anilines is 3. The van der Waals surface area contributed by atoms with Crippen LogP contribution in [-0.4, -0.2) is 35.0 Å². The van der Waals surface area contributed by atoms with Crippen LogP contribution in [0.25, 0.3) is 0 Å². The Labute approximate surface area is 168 Å².